The first-order valence-corrected chi connectivity index (χ1v) is 13.8. The highest BCUT2D eigenvalue weighted by Crippen LogP contribution is 2.40. The van der Waals surface area contributed by atoms with Crippen molar-refractivity contribution in [2.45, 2.75) is 13.8 Å². The Kier molecular flexibility index (Phi) is 6.14. The molecule has 2 heteroatoms. The minimum atomic E-state index is 1.23. The molecule has 0 unspecified atom stereocenters. The van der Waals surface area contributed by atoms with Gasteiger partial charge < -0.3 is 0 Å². The largest absolute Gasteiger partial charge is 0.141 e. The quantitative estimate of drug-likeness (QED) is 0.222. The van der Waals surface area contributed by atoms with Gasteiger partial charge in [0.15, 0.2) is 0 Å². The molecule has 0 bridgehead atoms. The lowest BCUT2D eigenvalue weighted by Crippen LogP contribution is -1.92. The lowest BCUT2D eigenvalue weighted by molar-refractivity contribution is 1.63. The Bertz CT molecular complexity index is 1630. The van der Waals surface area contributed by atoms with Crippen molar-refractivity contribution in [3.63, 3.8) is 0 Å². The maximum Gasteiger partial charge on any atom is 0.0273 e. The molecular formula is C34H26S2. The van der Waals surface area contributed by atoms with Crippen molar-refractivity contribution in [1.29, 1.82) is 0 Å². The number of thiophene rings is 2. The van der Waals surface area contributed by atoms with E-state index in [4.69, 9.17) is 0 Å². The second-order valence-electron chi connectivity index (χ2n) is 9.07. The predicted octanol–water partition coefficient (Wildman–Crippen LogP) is 10.7. The number of hydrogen-bond donors (Lipinski definition) is 0. The molecule has 0 atom stereocenters. The number of benzene rings is 4. The second-order valence-corrected chi connectivity index (χ2v) is 11.7. The van der Waals surface area contributed by atoms with Crippen molar-refractivity contribution in [3.8, 4) is 11.1 Å². The highest BCUT2D eigenvalue weighted by molar-refractivity contribution is 7.13. The number of hydrogen-bond acceptors (Lipinski definition) is 2. The zero-order valence-corrected chi connectivity index (χ0v) is 22.0. The third-order valence-corrected chi connectivity index (χ3v) is 8.48. The molecule has 36 heavy (non-hydrogen) atoms. The van der Waals surface area contributed by atoms with Crippen LogP contribution in [0.4, 0.5) is 0 Å². The monoisotopic (exact) mass is 498 g/mol. The van der Waals surface area contributed by atoms with Gasteiger partial charge in [-0.2, -0.15) is 0 Å². The third kappa shape index (κ3) is 4.46. The van der Waals surface area contributed by atoms with Crippen LogP contribution in [-0.2, 0) is 0 Å². The molecule has 0 aliphatic heterocycles. The van der Waals surface area contributed by atoms with Crippen molar-refractivity contribution in [3.05, 3.63) is 128 Å². The van der Waals surface area contributed by atoms with Crippen LogP contribution >= 0.6 is 22.7 Å². The van der Waals surface area contributed by atoms with Gasteiger partial charge in [-0.25, -0.2) is 0 Å². The van der Waals surface area contributed by atoms with Crippen molar-refractivity contribution >= 4 is 68.5 Å². The summed E-state index contributed by atoms with van der Waals surface area (Å²) in [5.74, 6) is 0. The Morgan fingerprint density at radius 3 is 1.31 bits per heavy atom. The van der Waals surface area contributed by atoms with E-state index in [1.807, 2.05) is 22.7 Å². The van der Waals surface area contributed by atoms with Gasteiger partial charge in [0.05, 0.1) is 0 Å². The van der Waals surface area contributed by atoms with E-state index in [0.29, 0.717) is 0 Å². The standard InChI is InChI=1S/C34H26S2/c1-23-11-19-29(35-23)21-17-27-15-13-25-7-3-5-9-31(25)33(27)34-28(18-22-30-20-12-24(2)36-30)16-14-26-8-4-6-10-32(26)34/h3-22H,1-2H3/b21-17+,22-18+. The highest BCUT2D eigenvalue weighted by atomic mass is 32.1. The Labute approximate surface area is 220 Å². The van der Waals surface area contributed by atoms with E-state index in [0.717, 1.165) is 0 Å². The first-order valence-electron chi connectivity index (χ1n) is 12.2. The lowest BCUT2D eigenvalue weighted by atomic mass is 9.86. The second kappa shape index (κ2) is 9.73. The summed E-state index contributed by atoms with van der Waals surface area (Å²) in [4.78, 5) is 5.22. The number of aryl methyl sites for hydroxylation is 2. The zero-order valence-electron chi connectivity index (χ0n) is 20.4. The molecule has 0 saturated heterocycles. The van der Waals surface area contributed by atoms with E-state index in [2.05, 4.69) is 135 Å². The Morgan fingerprint density at radius 2 is 0.889 bits per heavy atom. The molecule has 2 heterocycles. The van der Waals surface area contributed by atoms with E-state index >= 15 is 0 Å². The van der Waals surface area contributed by atoms with Crippen LogP contribution in [0, 0.1) is 13.8 Å². The highest BCUT2D eigenvalue weighted by Gasteiger charge is 2.15. The SMILES string of the molecule is Cc1ccc(/C=C/c2ccc3ccccc3c2-c2c(/C=C/c3ccc(C)s3)ccc3ccccc23)s1. The fourth-order valence-corrected chi connectivity index (χ4v) is 6.40. The fourth-order valence-electron chi connectivity index (χ4n) is 4.84. The molecule has 0 fully saturated rings. The molecule has 0 N–H and O–H groups in total. The summed E-state index contributed by atoms with van der Waals surface area (Å²) in [7, 11) is 0. The van der Waals surface area contributed by atoms with Crippen LogP contribution in [0.3, 0.4) is 0 Å². The molecule has 6 aromatic rings. The van der Waals surface area contributed by atoms with Crippen LogP contribution in [-0.4, -0.2) is 0 Å². The number of fused-ring (bicyclic) bond motifs is 2. The van der Waals surface area contributed by atoms with Gasteiger partial charge in [-0.3, -0.25) is 0 Å². The van der Waals surface area contributed by atoms with Gasteiger partial charge in [-0.15, -0.1) is 22.7 Å². The first-order chi connectivity index (χ1) is 17.7. The number of rotatable bonds is 5. The molecule has 0 nitrogen and oxygen atoms in total. The van der Waals surface area contributed by atoms with Crippen molar-refractivity contribution in [2.24, 2.45) is 0 Å². The van der Waals surface area contributed by atoms with E-state index in [-0.39, 0.29) is 0 Å². The normalized spacial score (nSPS) is 11.9. The van der Waals surface area contributed by atoms with E-state index < -0.39 is 0 Å². The smallest absolute Gasteiger partial charge is 0.0273 e. The molecule has 0 aliphatic rings. The summed E-state index contributed by atoms with van der Waals surface area (Å²) in [6.07, 6.45) is 9.07. The maximum absolute atomic E-state index is 2.28. The van der Waals surface area contributed by atoms with Gasteiger partial charge in [0.2, 0.25) is 0 Å². The molecule has 6 rings (SSSR count). The summed E-state index contributed by atoms with van der Waals surface area (Å²) in [5.41, 5.74) is 5.04. The minimum absolute atomic E-state index is 1.23. The van der Waals surface area contributed by atoms with Crippen molar-refractivity contribution in [2.75, 3.05) is 0 Å². The molecule has 0 spiro atoms. The average molecular weight is 499 g/mol. The van der Waals surface area contributed by atoms with Gasteiger partial charge in [0.1, 0.15) is 0 Å². The molecule has 0 amide bonds. The summed E-state index contributed by atoms with van der Waals surface area (Å²) >= 11 is 3.66. The molecule has 0 aliphatic carbocycles. The van der Waals surface area contributed by atoms with Crippen LogP contribution in [0.15, 0.2) is 97.1 Å². The van der Waals surface area contributed by atoms with Crippen LogP contribution in [0.2, 0.25) is 0 Å². The van der Waals surface area contributed by atoms with E-state index in [1.54, 1.807) is 0 Å². The van der Waals surface area contributed by atoms with E-state index in [1.165, 1.54) is 63.3 Å². The van der Waals surface area contributed by atoms with Gasteiger partial charge in [-0.1, -0.05) is 84.9 Å². The van der Waals surface area contributed by atoms with Crippen LogP contribution in [0.1, 0.15) is 30.6 Å². The van der Waals surface area contributed by atoms with Crippen LogP contribution in [0.5, 0.6) is 0 Å². The fraction of sp³-hybridized carbons (Fsp3) is 0.0588. The van der Waals surface area contributed by atoms with Crippen molar-refractivity contribution in [1.82, 2.24) is 0 Å². The molecule has 4 aromatic carbocycles. The van der Waals surface area contributed by atoms with E-state index in [9.17, 15) is 0 Å². The lowest BCUT2D eigenvalue weighted by Gasteiger charge is -2.17. The molecular weight excluding hydrogens is 473 g/mol. The third-order valence-electron chi connectivity index (χ3n) is 6.55. The topological polar surface area (TPSA) is 0 Å². The Hall–Kier alpha value is -3.72. The summed E-state index contributed by atoms with van der Waals surface area (Å²) < 4.78 is 0. The van der Waals surface area contributed by atoms with Crippen molar-refractivity contribution < 1.29 is 0 Å². The van der Waals surface area contributed by atoms with Gasteiger partial charge >= 0.3 is 0 Å². The van der Waals surface area contributed by atoms with Gasteiger partial charge in [0.25, 0.3) is 0 Å². The summed E-state index contributed by atoms with van der Waals surface area (Å²) in [6, 6.07) is 35.3. The molecule has 174 valence electrons. The first kappa shape index (κ1) is 22.7. The van der Waals surface area contributed by atoms with Gasteiger partial charge in [0, 0.05) is 19.5 Å². The molecule has 2 aromatic heterocycles. The van der Waals surface area contributed by atoms with Gasteiger partial charge in [-0.05, 0) is 94.1 Å². The Morgan fingerprint density at radius 1 is 0.444 bits per heavy atom. The predicted molar refractivity (Wildman–Crippen MR) is 163 cm³/mol. The van der Waals surface area contributed by atoms with Crippen LogP contribution < -0.4 is 0 Å². The average Bonchev–Trinajstić information content (AvgIpc) is 3.53. The van der Waals surface area contributed by atoms with Crippen LogP contribution in [0.25, 0.3) is 57.0 Å². The summed E-state index contributed by atoms with van der Waals surface area (Å²) in [6.45, 7) is 4.32. The zero-order chi connectivity index (χ0) is 24.5. The molecule has 0 radical (unpaired) electrons. The summed E-state index contributed by atoms with van der Waals surface area (Å²) in [5, 5.41) is 5.07. The molecule has 0 saturated carbocycles. The Balaban J connectivity index is 1.63. The minimum Gasteiger partial charge on any atom is -0.141 e. The maximum atomic E-state index is 2.28.